The number of hydrogen-bond donors (Lipinski definition) is 1. The Hall–Kier alpha value is -2.35. The Balaban J connectivity index is 1.50. The van der Waals surface area contributed by atoms with Gasteiger partial charge >= 0.3 is 0 Å². The maximum absolute atomic E-state index is 13.4. The molecule has 1 aliphatic carbocycles. The van der Waals surface area contributed by atoms with Crippen LogP contribution in [0.4, 0.5) is 0 Å². The molecule has 1 aromatic carbocycles. The zero-order valence-electron chi connectivity index (χ0n) is 26.2. The van der Waals surface area contributed by atoms with Gasteiger partial charge in [0.2, 0.25) is 0 Å². The van der Waals surface area contributed by atoms with Gasteiger partial charge in [0.1, 0.15) is 12.2 Å². The van der Waals surface area contributed by atoms with E-state index >= 15 is 0 Å². The van der Waals surface area contributed by atoms with E-state index in [1.807, 2.05) is 37.7 Å². The molecular formula is C34H51N3O3Si. The number of aliphatic hydroxyl groups excluding tert-OH is 1. The third-order valence-corrected chi connectivity index (χ3v) is 10.2. The first-order valence-electron chi connectivity index (χ1n) is 15.6. The lowest BCUT2D eigenvalue weighted by molar-refractivity contribution is 0.0849. The minimum absolute atomic E-state index is 0.0645. The number of aliphatic hydroxyl groups is 1. The highest BCUT2D eigenvalue weighted by atomic mass is 28.3. The molecule has 1 aliphatic rings. The van der Waals surface area contributed by atoms with Crippen LogP contribution in [0, 0.1) is 17.3 Å². The van der Waals surface area contributed by atoms with Gasteiger partial charge in [-0.2, -0.15) is 0 Å². The van der Waals surface area contributed by atoms with Gasteiger partial charge in [-0.3, -0.25) is 4.79 Å². The predicted molar refractivity (Wildman–Crippen MR) is 171 cm³/mol. The Bertz CT molecular complexity index is 1300. The fraction of sp³-hybridized carbons (Fsp3) is 0.618. The second-order valence-electron chi connectivity index (χ2n) is 14.4. The van der Waals surface area contributed by atoms with E-state index < -0.39 is 13.5 Å². The summed E-state index contributed by atoms with van der Waals surface area (Å²) in [6, 6.07) is 9.75. The van der Waals surface area contributed by atoms with Gasteiger partial charge in [-0.05, 0) is 55.2 Å². The molecule has 0 atom stereocenters. The number of hydrogen-bond acceptors (Lipinski definition) is 5. The lowest BCUT2D eigenvalue weighted by atomic mass is 9.78. The summed E-state index contributed by atoms with van der Waals surface area (Å²) >= 11 is 0. The minimum atomic E-state index is -1.18. The first kappa shape index (κ1) is 31.6. The highest BCUT2D eigenvalue weighted by molar-refractivity contribution is 6.76. The number of aromatic nitrogens is 3. The van der Waals surface area contributed by atoms with Crippen LogP contribution in [0.3, 0.4) is 0 Å². The Kier molecular flexibility index (Phi) is 10.6. The third kappa shape index (κ3) is 8.82. The highest BCUT2D eigenvalue weighted by Crippen LogP contribution is 2.34. The number of carbonyl (C=O) groups is 1. The average molecular weight is 578 g/mol. The number of rotatable bonds is 13. The molecule has 0 spiro atoms. The van der Waals surface area contributed by atoms with Gasteiger partial charge < -0.3 is 14.4 Å². The molecule has 224 valence electrons. The second kappa shape index (κ2) is 13.7. The standard InChI is InChI=1S/C34H51N3O3Si/c1-34(2,3)32(39)29-23-37(24-40-19-20-41(4,5)6)33-31(29)36-30(22-35-33)28-11-7-9-27(21-28)17-16-26-14-12-25(13-15-26)10-8-18-38/h7,9,11,21-23,25-26,38H,8,10,12-20,24H2,1-6H3. The summed E-state index contributed by atoms with van der Waals surface area (Å²) in [7, 11) is -1.18. The zero-order valence-corrected chi connectivity index (χ0v) is 27.2. The second-order valence-corrected chi connectivity index (χ2v) is 20.0. The van der Waals surface area contributed by atoms with Crippen LogP contribution in [0.2, 0.25) is 25.7 Å². The van der Waals surface area contributed by atoms with Gasteiger partial charge in [-0.1, -0.05) is 84.3 Å². The van der Waals surface area contributed by atoms with Crippen molar-refractivity contribution in [1.82, 2.24) is 14.5 Å². The van der Waals surface area contributed by atoms with Crippen LogP contribution < -0.4 is 0 Å². The number of ether oxygens (including phenoxy) is 1. The molecule has 1 saturated carbocycles. The van der Waals surface area contributed by atoms with E-state index in [2.05, 4.69) is 43.9 Å². The smallest absolute Gasteiger partial charge is 0.171 e. The molecule has 3 aromatic rings. The molecular weight excluding hydrogens is 526 g/mol. The van der Waals surface area contributed by atoms with Crippen LogP contribution in [0.15, 0.2) is 36.7 Å². The maximum Gasteiger partial charge on any atom is 0.171 e. The molecule has 2 heterocycles. The van der Waals surface area contributed by atoms with Crippen molar-refractivity contribution in [3.63, 3.8) is 0 Å². The molecule has 7 heteroatoms. The Morgan fingerprint density at radius 2 is 1.80 bits per heavy atom. The van der Waals surface area contributed by atoms with E-state index in [9.17, 15) is 4.79 Å². The van der Waals surface area contributed by atoms with Crippen LogP contribution in [0.25, 0.3) is 22.4 Å². The molecule has 0 saturated heterocycles. The van der Waals surface area contributed by atoms with Crippen LogP contribution in [0.1, 0.15) is 81.6 Å². The number of nitrogens with zero attached hydrogens (tertiary/aromatic N) is 3. The molecule has 41 heavy (non-hydrogen) atoms. The van der Waals surface area contributed by atoms with Crippen molar-refractivity contribution in [3.8, 4) is 11.3 Å². The molecule has 1 N–H and O–H groups in total. The lowest BCUT2D eigenvalue weighted by Gasteiger charge is -2.28. The van der Waals surface area contributed by atoms with Crippen LogP contribution in [0.5, 0.6) is 0 Å². The number of carbonyl (C=O) groups excluding carboxylic acids is 1. The monoisotopic (exact) mass is 577 g/mol. The van der Waals surface area contributed by atoms with Crippen molar-refractivity contribution in [2.75, 3.05) is 13.2 Å². The Morgan fingerprint density at radius 3 is 2.46 bits per heavy atom. The molecule has 0 unspecified atom stereocenters. The molecule has 0 bridgehead atoms. The van der Waals surface area contributed by atoms with E-state index in [4.69, 9.17) is 19.8 Å². The number of fused-ring (bicyclic) bond motifs is 1. The van der Waals surface area contributed by atoms with E-state index in [0.29, 0.717) is 36.7 Å². The SMILES string of the molecule is CC(C)(C)C(=O)c1cn(COCC[Si](C)(C)C)c2ncc(-c3cccc(CCC4CCC(CCCO)CC4)c3)nc12. The number of ketones is 1. The summed E-state index contributed by atoms with van der Waals surface area (Å²) in [5.41, 5.74) is 4.60. The maximum atomic E-state index is 13.4. The van der Waals surface area contributed by atoms with Gasteiger partial charge in [0.15, 0.2) is 11.4 Å². The van der Waals surface area contributed by atoms with E-state index in [-0.39, 0.29) is 5.78 Å². The number of benzene rings is 1. The Morgan fingerprint density at radius 1 is 1.10 bits per heavy atom. The summed E-state index contributed by atoms with van der Waals surface area (Å²) in [5, 5.41) is 9.12. The summed E-state index contributed by atoms with van der Waals surface area (Å²) < 4.78 is 7.96. The van der Waals surface area contributed by atoms with Crippen LogP contribution in [-0.2, 0) is 17.9 Å². The van der Waals surface area contributed by atoms with Crippen LogP contribution in [-0.4, -0.2) is 46.7 Å². The van der Waals surface area contributed by atoms with Crippen molar-refractivity contribution in [2.45, 2.75) is 105 Å². The van der Waals surface area contributed by atoms with Gasteiger partial charge in [0.25, 0.3) is 0 Å². The van der Waals surface area contributed by atoms with Crippen molar-refractivity contribution in [2.24, 2.45) is 17.3 Å². The van der Waals surface area contributed by atoms with E-state index in [1.165, 1.54) is 44.1 Å². The van der Waals surface area contributed by atoms with Crippen LogP contribution >= 0.6 is 0 Å². The quantitative estimate of drug-likeness (QED) is 0.126. The van der Waals surface area contributed by atoms with E-state index in [1.54, 1.807) is 0 Å². The normalized spacial score (nSPS) is 18.2. The highest BCUT2D eigenvalue weighted by Gasteiger charge is 2.28. The van der Waals surface area contributed by atoms with Crippen molar-refractivity contribution >= 4 is 25.0 Å². The van der Waals surface area contributed by atoms with Gasteiger partial charge in [-0.25, -0.2) is 9.97 Å². The number of aryl methyl sites for hydroxylation is 1. The lowest BCUT2D eigenvalue weighted by Crippen LogP contribution is -2.22. The zero-order chi connectivity index (χ0) is 29.6. The summed E-state index contributed by atoms with van der Waals surface area (Å²) in [6.45, 7) is 14.3. The van der Waals surface area contributed by atoms with Gasteiger partial charge in [0.05, 0.1) is 17.5 Å². The van der Waals surface area contributed by atoms with E-state index in [0.717, 1.165) is 42.0 Å². The summed E-state index contributed by atoms with van der Waals surface area (Å²) in [5.74, 6) is 1.66. The summed E-state index contributed by atoms with van der Waals surface area (Å²) in [6.07, 6.45) is 13.3. The first-order valence-corrected chi connectivity index (χ1v) is 19.3. The molecule has 0 aliphatic heterocycles. The largest absolute Gasteiger partial charge is 0.396 e. The Labute approximate surface area is 248 Å². The molecule has 0 amide bonds. The fourth-order valence-corrected chi connectivity index (χ4v) is 6.60. The van der Waals surface area contributed by atoms with Gasteiger partial charge in [-0.15, -0.1) is 0 Å². The average Bonchev–Trinajstić information content (AvgIpc) is 3.30. The van der Waals surface area contributed by atoms with Crippen molar-refractivity contribution in [3.05, 3.63) is 47.8 Å². The number of Topliss-reactive ketones (excluding diaryl/α,β-unsaturated/α-hetero) is 1. The minimum Gasteiger partial charge on any atom is -0.396 e. The molecule has 1 fully saturated rings. The fourth-order valence-electron chi connectivity index (χ4n) is 5.85. The van der Waals surface area contributed by atoms with Crippen molar-refractivity contribution in [1.29, 1.82) is 0 Å². The van der Waals surface area contributed by atoms with Crippen molar-refractivity contribution < 1.29 is 14.6 Å². The molecule has 0 radical (unpaired) electrons. The predicted octanol–water partition coefficient (Wildman–Crippen LogP) is 8.15. The molecule has 4 rings (SSSR count). The molecule has 2 aromatic heterocycles. The van der Waals surface area contributed by atoms with Gasteiger partial charge in [0, 0.05) is 38.5 Å². The first-order chi connectivity index (χ1) is 19.4. The topological polar surface area (TPSA) is 77.2 Å². The third-order valence-electron chi connectivity index (χ3n) is 8.52. The molecule has 6 nitrogen and oxygen atoms in total. The summed E-state index contributed by atoms with van der Waals surface area (Å²) in [4.78, 5) is 23.3.